The van der Waals surface area contributed by atoms with Crippen molar-refractivity contribution in [3.8, 4) is 0 Å². The standard InChI is InChI=1S/C11H18O3/c12-11(13)9-6-3-7-14-10(9)8-4-1-2-5-8/h8-10H,1-7H2,(H,12,13). The van der Waals surface area contributed by atoms with Gasteiger partial charge in [0.05, 0.1) is 12.0 Å². The van der Waals surface area contributed by atoms with Gasteiger partial charge in [-0.2, -0.15) is 0 Å². The first-order valence-corrected chi connectivity index (χ1v) is 5.63. The van der Waals surface area contributed by atoms with Crippen molar-refractivity contribution in [3.05, 3.63) is 0 Å². The maximum absolute atomic E-state index is 11.0. The van der Waals surface area contributed by atoms with Crippen molar-refractivity contribution in [2.75, 3.05) is 6.61 Å². The molecule has 1 N–H and O–H groups in total. The summed E-state index contributed by atoms with van der Waals surface area (Å²) in [5.74, 6) is -0.398. The van der Waals surface area contributed by atoms with Crippen LogP contribution in [0.5, 0.6) is 0 Å². The molecule has 0 bridgehead atoms. The Labute approximate surface area is 84.4 Å². The molecule has 0 aromatic rings. The highest BCUT2D eigenvalue weighted by atomic mass is 16.5. The second-order valence-corrected chi connectivity index (χ2v) is 4.47. The molecule has 2 rings (SSSR count). The number of ether oxygens (including phenoxy) is 1. The molecular weight excluding hydrogens is 180 g/mol. The first-order chi connectivity index (χ1) is 6.79. The predicted molar refractivity (Wildman–Crippen MR) is 52.1 cm³/mol. The fraction of sp³-hybridized carbons (Fsp3) is 0.909. The van der Waals surface area contributed by atoms with E-state index in [1.807, 2.05) is 0 Å². The van der Waals surface area contributed by atoms with Crippen LogP contribution in [-0.2, 0) is 9.53 Å². The van der Waals surface area contributed by atoms with E-state index in [-0.39, 0.29) is 12.0 Å². The lowest BCUT2D eigenvalue weighted by Crippen LogP contribution is -2.39. The van der Waals surface area contributed by atoms with Crippen molar-refractivity contribution in [1.82, 2.24) is 0 Å². The van der Waals surface area contributed by atoms with Gasteiger partial charge in [-0.25, -0.2) is 0 Å². The predicted octanol–water partition coefficient (Wildman–Crippen LogP) is 2.06. The van der Waals surface area contributed by atoms with Crippen LogP contribution in [0, 0.1) is 11.8 Å². The van der Waals surface area contributed by atoms with Crippen molar-refractivity contribution in [2.45, 2.75) is 44.6 Å². The molecule has 1 aliphatic carbocycles. The Morgan fingerprint density at radius 2 is 1.86 bits per heavy atom. The lowest BCUT2D eigenvalue weighted by molar-refractivity contribution is -0.154. The normalized spacial score (nSPS) is 34.6. The minimum Gasteiger partial charge on any atom is -0.481 e. The van der Waals surface area contributed by atoms with Gasteiger partial charge in [0.1, 0.15) is 0 Å². The third-order valence-electron chi connectivity index (χ3n) is 3.55. The van der Waals surface area contributed by atoms with Crippen LogP contribution in [-0.4, -0.2) is 23.8 Å². The van der Waals surface area contributed by atoms with Crippen LogP contribution >= 0.6 is 0 Å². The Kier molecular flexibility index (Phi) is 3.06. The largest absolute Gasteiger partial charge is 0.481 e. The summed E-state index contributed by atoms with van der Waals surface area (Å²) < 4.78 is 5.65. The molecule has 2 aliphatic rings. The zero-order chi connectivity index (χ0) is 9.97. The summed E-state index contributed by atoms with van der Waals surface area (Å²) in [6.45, 7) is 0.755. The molecule has 2 fully saturated rings. The molecule has 0 aromatic heterocycles. The maximum atomic E-state index is 11.0. The maximum Gasteiger partial charge on any atom is 0.309 e. The quantitative estimate of drug-likeness (QED) is 0.738. The van der Waals surface area contributed by atoms with E-state index in [2.05, 4.69) is 0 Å². The van der Waals surface area contributed by atoms with Crippen molar-refractivity contribution in [1.29, 1.82) is 0 Å². The van der Waals surface area contributed by atoms with Gasteiger partial charge in [-0.05, 0) is 31.6 Å². The summed E-state index contributed by atoms with van der Waals surface area (Å²) in [7, 11) is 0. The lowest BCUT2D eigenvalue weighted by atomic mass is 9.85. The molecule has 14 heavy (non-hydrogen) atoms. The first kappa shape index (κ1) is 9.97. The van der Waals surface area contributed by atoms with Gasteiger partial charge in [0.25, 0.3) is 0 Å². The lowest BCUT2D eigenvalue weighted by Gasteiger charge is -2.33. The number of hydrogen-bond donors (Lipinski definition) is 1. The SMILES string of the molecule is O=C(O)C1CCCOC1C1CCCC1. The molecular formula is C11H18O3. The molecule has 0 aromatic carbocycles. The zero-order valence-corrected chi connectivity index (χ0v) is 8.45. The van der Waals surface area contributed by atoms with Crippen LogP contribution in [0.15, 0.2) is 0 Å². The van der Waals surface area contributed by atoms with Gasteiger partial charge in [0.2, 0.25) is 0 Å². The van der Waals surface area contributed by atoms with Gasteiger partial charge >= 0.3 is 5.97 Å². The van der Waals surface area contributed by atoms with Gasteiger partial charge in [0.15, 0.2) is 0 Å². The van der Waals surface area contributed by atoms with Crippen LogP contribution in [0.3, 0.4) is 0 Å². The average molecular weight is 198 g/mol. The monoisotopic (exact) mass is 198 g/mol. The smallest absolute Gasteiger partial charge is 0.309 e. The van der Waals surface area contributed by atoms with E-state index in [0.29, 0.717) is 5.92 Å². The van der Waals surface area contributed by atoms with E-state index < -0.39 is 5.97 Å². The number of aliphatic carboxylic acids is 1. The molecule has 2 atom stereocenters. The van der Waals surface area contributed by atoms with Crippen LogP contribution < -0.4 is 0 Å². The van der Waals surface area contributed by atoms with Crippen LogP contribution in [0.4, 0.5) is 0 Å². The molecule has 2 unspecified atom stereocenters. The molecule has 3 heteroatoms. The van der Waals surface area contributed by atoms with Crippen LogP contribution in [0.1, 0.15) is 38.5 Å². The van der Waals surface area contributed by atoms with Crippen molar-refractivity contribution in [3.63, 3.8) is 0 Å². The highest BCUT2D eigenvalue weighted by Crippen LogP contribution is 2.36. The third kappa shape index (κ3) is 1.92. The highest BCUT2D eigenvalue weighted by Gasteiger charge is 2.38. The summed E-state index contributed by atoms with van der Waals surface area (Å²) in [4.78, 5) is 11.0. The summed E-state index contributed by atoms with van der Waals surface area (Å²) in [6, 6.07) is 0. The minimum atomic E-state index is -0.665. The second-order valence-electron chi connectivity index (χ2n) is 4.47. The number of carbonyl (C=O) groups is 1. The number of hydrogen-bond acceptors (Lipinski definition) is 2. The topological polar surface area (TPSA) is 46.5 Å². The molecule has 0 spiro atoms. The third-order valence-corrected chi connectivity index (χ3v) is 3.55. The number of carboxylic acid groups (broad SMARTS) is 1. The summed E-state index contributed by atoms with van der Waals surface area (Å²) >= 11 is 0. The summed E-state index contributed by atoms with van der Waals surface area (Å²) in [6.07, 6.45) is 6.52. The molecule has 1 aliphatic heterocycles. The van der Waals surface area contributed by atoms with Crippen LogP contribution in [0.25, 0.3) is 0 Å². The van der Waals surface area contributed by atoms with Crippen molar-refractivity contribution >= 4 is 5.97 Å². The van der Waals surface area contributed by atoms with Gasteiger partial charge in [-0.3, -0.25) is 4.79 Å². The number of rotatable bonds is 2. The van der Waals surface area contributed by atoms with Gasteiger partial charge in [-0.1, -0.05) is 12.8 Å². The molecule has 1 heterocycles. The van der Waals surface area contributed by atoms with E-state index in [1.54, 1.807) is 0 Å². The summed E-state index contributed by atoms with van der Waals surface area (Å²) in [5, 5.41) is 9.09. The fourth-order valence-corrected chi connectivity index (χ4v) is 2.82. The Morgan fingerprint density at radius 1 is 1.14 bits per heavy atom. The molecule has 0 radical (unpaired) electrons. The minimum absolute atomic E-state index is 0.00347. The Balaban J connectivity index is 2.01. The highest BCUT2D eigenvalue weighted by molar-refractivity contribution is 5.70. The number of carboxylic acids is 1. The molecule has 1 saturated heterocycles. The Hall–Kier alpha value is -0.570. The van der Waals surface area contributed by atoms with Crippen molar-refractivity contribution < 1.29 is 14.6 Å². The summed E-state index contributed by atoms with van der Waals surface area (Å²) in [5.41, 5.74) is 0. The van der Waals surface area contributed by atoms with Crippen LogP contribution in [0.2, 0.25) is 0 Å². The first-order valence-electron chi connectivity index (χ1n) is 5.63. The fourth-order valence-electron chi connectivity index (χ4n) is 2.82. The molecule has 0 amide bonds. The zero-order valence-electron chi connectivity index (χ0n) is 8.45. The Bertz CT molecular complexity index is 209. The van der Waals surface area contributed by atoms with E-state index in [9.17, 15) is 4.79 Å². The molecule has 3 nitrogen and oxygen atoms in total. The van der Waals surface area contributed by atoms with E-state index in [1.165, 1.54) is 12.8 Å². The molecule has 1 saturated carbocycles. The molecule has 80 valence electrons. The van der Waals surface area contributed by atoms with Gasteiger partial charge < -0.3 is 9.84 Å². The van der Waals surface area contributed by atoms with Crippen molar-refractivity contribution in [2.24, 2.45) is 11.8 Å². The van der Waals surface area contributed by atoms with Gasteiger partial charge in [0, 0.05) is 6.61 Å². The van der Waals surface area contributed by atoms with E-state index >= 15 is 0 Å². The Morgan fingerprint density at radius 3 is 2.50 bits per heavy atom. The van der Waals surface area contributed by atoms with Gasteiger partial charge in [-0.15, -0.1) is 0 Å². The van der Waals surface area contributed by atoms with E-state index in [4.69, 9.17) is 9.84 Å². The average Bonchev–Trinajstić information content (AvgIpc) is 2.70. The second kappa shape index (κ2) is 4.30. The van der Waals surface area contributed by atoms with E-state index in [0.717, 1.165) is 32.3 Å².